The molecule has 1 saturated heterocycles. The van der Waals surface area contributed by atoms with Gasteiger partial charge in [0.15, 0.2) is 6.61 Å². The third-order valence-corrected chi connectivity index (χ3v) is 8.00. The number of benzene rings is 2. The van der Waals surface area contributed by atoms with E-state index < -0.39 is 22.6 Å². The molecule has 1 fully saturated rings. The number of esters is 1. The van der Waals surface area contributed by atoms with Gasteiger partial charge in [-0.2, -0.15) is 4.31 Å². The Balaban J connectivity index is 1.49. The number of anilines is 1. The number of hydrogen-bond acceptors (Lipinski definition) is 6. The second kappa shape index (κ2) is 9.93. The quantitative estimate of drug-likeness (QED) is 0.600. The topological polar surface area (TPSA) is 93.2 Å². The molecule has 4 rings (SSSR count). The average Bonchev–Trinajstić information content (AvgIpc) is 3.06. The van der Waals surface area contributed by atoms with E-state index in [4.69, 9.17) is 9.47 Å². The minimum atomic E-state index is -3.75. The highest BCUT2D eigenvalue weighted by Crippen LogP contribution is 2.29. The lowest BCUT2D eigenvalue weighted by Gasteiger charge is -2.21. The molecule has 2 heterocycles. The van der Waals surface area contributed by atoms with E-state index in [0.29, 0.717) is 19.6 Å². The van der Waals surface area contributed by atoms with Gasteiger partial charge in [0.25, 0.3) is 5.91 Å². The molecular weight excluding hydrogens is 444 g/mol. The fourth-order valence-corrected chi connectivity index (χ4v) is 5.86. The van der Waals surface area contributed by atoms with E-state index in [-0.39, 0.29) is 22.1 Å². The lowest BCUT2D eigenvalue weighted by Crippen LogP contribution is -2.33. The van der Waals surface area contributed by atoms with Crippen molar-refractivity contribution in [1.29, 1.82) is 0 Å². The number of carbonyl (C=O) groups is 2. The number of amides is 1. The molecule has 2 aromatic carbocycles. The molecule has 1 amide bonds. The van der Waals surface area contributed by atoms with Crippen LogP contribution in [0.3, 0.4) is 0 Å². The van der Waals surface area contributed by atoms with Crippen LogP contribution in [0.1, 0.15) is 41.6 Å². The van der Waals surface area contributed by atoms with Crippen molar-refractivity contribution in [3.63, 3.8) is 0 Å². The number of para-hydroxylation sites is 1. The Morgan fingerprint density at radius 1 is 0.970 bits per heavy atom. The van der Waals surface area contributed by atoms with Gasteiger partial charge >= 0.3 is 5.97 Å². The largest absolute Gasteiger partial charge is 0.496 e. The van der Waals surface area contributed by atoms with Gasteiger partial charge in [-0.25, -0.2) is 13.2 Å². The highest BCUT2D eigenvalue weighted by molar-refractivity contribution is 7.89. The molecule has 2 aliphatic heterocycles. The summed E-state index contributed by atoms with van der Waals surface area (Å²) in [7, 11) is -2.36. The van der Waals surface area contributed by atoms with E-state index in [1.807, 2.05) is 24.3 Å². The second-order valence-electron chi connectivity index (χ2n) is 8.18. The molecule has 2 aliphatic rings. The van der Waals surface area contributed by atoms with Gasteiger partial charge in [-0.1, -0.05) is 31.0 Å². The number of carbonyl (C=O) groups excluding carboxylic acids is 2. The predicted molar refractivity (Wildman–Crippen MR) is 123 cm³/mol. The highest BCUT2D eigenvalue weighted by Gasteiger charge is 2.29. The summed E-state index contributed by atoms with van der Waals surface area (Å²) in [5, 5.41) is 0. The van der Waals surface area contributed by atoms with Crippen molar-refractivity contribution in [2.24, 2.45) is 0 Å². The van der Waals surface area contributed by atoms with Crippen molar-refractivity contribution in [3.05, 3.63) is 53.6 Å². The maximum Gasteiger partial charge on any atom is 0.342 e. The monoisotopic (exact) mass is 472 g/mol. The van der Waals surface area contributed by atoms with Crippen LogP contribution in [0.2, 0.25) is 0 Å². The minimum absolute atomic E-state index is 0.0111. The van der Waals surface area contributed by atoms with Gasteiger partial charge < -0.3 is 14.4 Å². The Labute approximate surface area is 194 Å². The van der Waals surface area contributed by atoms with Crippen LogP contribution >= 0.6 is 0 Å². The Morgan fingerprint density at radius 2 is 1.70 bits per heavy atom. The third-order valence-electron chi connectivity index (χ3n) is 6.11. The van der Waals surface area contributed by atoms with E-state index in [2.05, 4.69) is 0 Å². The van der Waals surface area contributed by atoms with Crippen molar-refractivity contribution < 1.29 is 27.5 Å². The molecule has 0 radical (unpaired) electrons. The first-order chi connectivity index (χ1) is 15.9. The molecule has 0 bridgehead atoms. The molecule has 176 valence electrons. The molecule has 33 heavy (non-hydrogen) atoms. The molecule has 0 unspecified atom stereocenters. The van der Waals surface area contributed by atoms with Crippen LogP contribution < -0.4 is 9.64 Å². The van der Waals surface area contributed by atoms with Crippen LogP contribution in [0.15, 0.2) is 47.4 Å². The first-order valence-corrected chi connectivity index (χ1v) is 12.6. The third kappa shape index (κ3) is 4.89. The van der Waals surface area contributed by atoms with Crippen molar-refractivity contribution in [2.75, 3.05) is 38.3 Å². The summed E-state index contributed by atoms with van der Waals surface area (Å²) in [5.41, 5.74) is 1.87. The molecule has 0 aliphatic carbocycles. The Bertz CT molecular complexity index is 1140. The Morgan fingerprint density at radius 3 is 2.42 bits per heavy atom. The predicted octanol–water partition coefficient (Wildman–Crippen LogP) is 3.01. The van der Waals surface area contributed by atoms with E-state index in [1.54, 1.807) is 4.90 Å². The van der Waals surface area contributed by atoms with Gasteiger partial charge in [0.05, 0.1) is 12.0 Å². The summed E-state index contributed by atoms with van der Waals surface area (Å²) >= 11 is 0. The van der Waals surface area contributed by atoms with Gasteiger partial charge in [0.2, 0.25) is 10.0 Å². The average molecular weight is 473 g/mol. The minimum Gasteiger partial charge on any atom is -0.496 e. The maximum atomic E-state index is 13.1. The summed E-state index contributed by atoms with van der Waals surface area (Å²) in [6, 6.07) is 11.8. The lowest BCUT2D eigenvalue weighted by atomic mass is 10.2. The lowest BCUT2D eigenvalue weighted by molar-refractivity contribution is -0.121. The number of sulfonamides is 1. The number of hydrogen-bond donors (Lipinski definition) is 0. The van der Waals surface area contributed by atoms with Crippen molar-refractivity contribution in [1.82, 2.24) is 4.31 Å². The van der Waals surface area contributed by atoms with E-state index in [9.17, 15) is 18.0 Å². The summed E-state index contributed by atoms with van der Waals surface area (Å²) in [4.78, 5) is 27.1. The van der Waals surface area contributed by atoms with Crippen LogP contribution in [-0.4, -0.2) is 58.0 Å². The summed E-state index contributed by atoms with van der Waals surface area (Å²) in [6.07, 6.45) is 4.38. The molecule has 0 aromatic heterocycles. The van der Waals surface area contributed by atoms with Crippen LogP contribution in [0.25, 0.3) is 0 Å². The number of nitrogens with zero attached hydrogens (tertiary/aromatic N) is 2. The fourth-order valence-electron chi connectivity index (χ4n) is 4.32. The second-order valence-corrected chi connectivity index (χ2v) is 10.1. The summed E-state index contributed by atoms with van der Waals surface area (Å²) < 4.78 is 38.3. The fraction of sp³-hybridized carbons (Fsp3) is 0.417. The molecule has 9 heteroatoms. The van der Waals surface area contributed by atoms with Gasteiger partial charge in [-0.05, 0) is 49.1 Å². The Hall–Kier alpha value is -2.91. The van der Waals surface area contributed by atoms with Crippen LogP contribution in [-0.2, 0) is 26.0 Å². The van der Waals surface area contributed by atoms with Gasteiger partial charge in [0.1, 0.15) is 11.3 Å². The van der Waals surface area contributed by atoms with E-state index in [1.165, 1.54) is 29.6 Å². The number of methoxy groups -OCH3 is 1. The number of ether oxygens (including phenoxy) is 2. The first kappa shape index (κ1) is 23.3. The highest BCUT2D eigenvalue weighted by atomic mass is 32.2. The molecule has 0 spiro atoms. The normalized spacial score (nSPS) is 16.7. The summed E-state index contributed by atoms with van der Waals surface area (Å²) in [5.74, 6) is -0.949. The van der Waals surface area contributed by atoms with Gasteiger partial charge in [-0.15, -0.1) is 0 Å². The zero-order chi connectivity index (χ0) is 23.4. The molecular formula is C24H28N2O6S. The molecule has 0 atom stereocenters. The van der Waals surface area contributed by atoms with Crippen molar-refractivity contribution in [3.8, 4) is 5.75 Å². The first-order valence-electron chi connectivity index (χ1n) is 11.2. The molecule has 2 aromatic rings. The van der Waals surface area contributed by atoms with Crippen LogP contribution in [0.4, 0.5) is 5.69 Å². The molecule has 0 saturated carbocycles. The summed E-state index contributed by atoms with van der Waals surface area (Å²) in [6.45, 7) is 1.00. The smallest absolute Gasteiger partial charge is 0.342 e. The van der Waals surface area contributed by atoms with E-state index >= 15 is 0 Å². The van der Waals surface area contributed by atoms with Gasteiger partial charge in [-0.3, -0.25) is 4.79 Å². The standard InChI is InChI=1S/C24H28N2O6S/c1-31-22-11-10-19(33(29,30)25-13-6-2-3-7-14-25)16-20(22)24(28)32-17-23(27)26-15-12-18-8-4-5-9-21(18)26/h4-5,8-11,16H,2-3,6-7,12-15,17H2,1H3. The zero-order valence-corrected chi connectivity index (χ0v) is 19.5. The van der Waals surface area contributed by atoms with Crippen LogP contribution in [0.5, 0.6) is 5.75 Å². The van der Waals surface area contributed by atoms with Crippen LogP contribution in [0, 0.1) is 0 Å². The molecule has 8 nitrogen and oxygen atoms in total. The maximum absolute atomic E-state index is 13.1. The van der Waals surface area contributed by atoms with Gasteiger partial charge in [0, 0.05) is 25.3 Å². The van der Waals surface area contributed by atoms with Crippen molar-refractivity contribution in [2.45, 2.75) is 37.0 Å². The zero-order valence-electron chi connectivity index (χ0n) is 18.7. The number of fused-ring (bicyclic) bond motifs is 1. The Kier molecular flexibility index (Phi) is 6.99. The van der Waals surface area contributed by atoms with E-state index in [0.717, 1.165) is 43.4 Å². The molecule has 0 N–H and O–H groups in total. The number of rotatable bonds is 6. The van der Waals surface area contributed by atoms with Crippen molar-refractivity contribution >= 4 is 27.6 Å². The SMILES string of the molecule is COc1ccc(S(=O)(=O)N2CCCCCC2)cc1C(=O)OCC(=O)N1CCc2ccccc21.